The maximum absolute atomic E-state index is 4.55. The third-order valence-electron chi connectivity index (χ3n) is 4.18. The maximum Gasteiger partial charge on any atom is 0.107 e. The number of nitrogens with one attached hydrogen (secondary N) is 1. The van der Waals surface area contributed by atoms with Gasteiger partial charge in [0.1, 0.15) is 5.01 Å². The van der Waals surface area contributed by atoms with E-state index < -0.39 is 0 Å². The summed E-state index contributed by atoms with van der Waals surface area (Å²) in [5.41, 5.74) is 2.62. The van der Waals surface area contributed by atoms with E-state index in [1.807, 2.05) is 0 Å². The molecule has 0 bridgehead atoms. The number of aromatic nitrogens is 1. The van der Waals surface area contributed by atoms with Crippen molar-refractivity contribution in [2.24, 2.45) is 0 Å². The van der Waals surface area contributed by atoms with E-state index in [0.717, 1.165) is 12.2 Å². The number of thiazole rings is 1. The molecular formula is C17H22N2S. The standard InChI is InChI=1S/C17H22N2S/c1-13-12-20-17(19-13)11-18-16-10-6-5-9-15(16)14-7-3-2-4-8-14/h2-4,7-8,12,15-16,18H,5-6,9-11H2,1H3. The van der Waals surface area contributed by atoms with Gasteiger partial charge < -0.3 is 5.32 Å². The van der Waals surface area contributed by atoms with Gasteiger partial charge in [0.25, 0.3) is 0 Å². The molecule has 20 heavy (non-hydrogen) atoms. The van der Waals surface area contributed by atoms with Crippen molar-refractivity contribution in [1.82, 2.24) is 10.3 Å². The van der Waals surface area contributed by atoms with Crippen LogP contribution >= 0.6 is 11.3 Å². The topological polar surface area (TPSA) is 24.9 Å². The summed E-state index contributed by atoms with van der Waals surface area (Å²) in [5.74, 6) is 0.658. The Kier molecular flexibility index (Phi) is 4.48. The Morgan fingerprint density at radius 2 is 2.00 bits per heavy atom. The van der Waals surface area contributed by atoms with Gasteiger partial charge in [-0.2, -0.15) is 0 Å². The lowest BCUT2D eigenvalue weighted by molar-refractivity contribution is 0.326. The van der Waals surface area contributed by atoms with Crippen LogP contribution in [0.15, 0.2) is 35.7 Å². The van der Waals surface area contributed by atoms with Crippen LogP contribution in [0.5, 0.6) is 0 Å². The first-order valence-corrected chi connectivity index (χ1v) is 8.40. The lowest BCUT2D eigenvalue weighted by Gasteiger charge is -2.32. The monoisotopic (exact) mass is 286 g/mol. The molecule has 1 N–H and O–H groups in total. The first kappa shape index (κ1) is 13.8. The fraction of sp³-hybridized carbons (Fsp3) is 0.471. The minimum Gasteiger partial charge on any atom is -0.307 e. The molecule has 0 amide bonds. The highest BCUT2D eigenvalue weighted by atomic mass is 32.1. The van der Waals surface area contributed by atoms with Crippen molar-refractivity contribution in [2.45, 2.75) is 51.1 Å². The van der Waals surface area contributed by atoms with Crippen LogP contribution in [0, 0.1) is 6.92 Å². The van der Waals surface area contributed by atoms with Crippen LogP contribution in [0.25, 0.3) is 0 Å². The number of benzene rings is 1. The molecule has 3 rings (SSSR count). The number of hydrogen-bond donors (Lipinski definition) is 1. The molecule has 0 saturated heterocycles. The highest BCUT2D eigenvalue weighted by Crippen LogP contribution is 2.33. The molecule has 1 aliphatic rings. The first-order valence-electron chi connectivity index (χ1n) is 7.52. The summed E-state index contributed by atoms with van der Waals surface area (Å²) in [5, 5.41) is 7.09. The molecular weight excluding hydrogens is 264 g/mol. The lowest BCUT2D eigenvalue weighted by atomic mass is 9.80. The van der Waals surface area contributed by atoms with E-state index in [2.05, 4.69) is 52.9 Å². The summed E-state index contributed by atoms with van der Waals surface area (Å²) in [6.07, 6.45) is 5.29. The highest BCUT2D eigenvalue weighted by Gasteiger charge is 2.25. The highest BCUT2D eigenvalue weighted by molar-refractivity contribution is 7.09. The fourth-order valence-electron chi connectivity index (χ4n) is 3.18. The van der Waals surface area contributed by atoms with E-state index in [-0.39, 0.29) is 0 Å². The second-order valence-corrected chi connectivity index (χ2v) is 6.61. The van der Waals surface area contributed by atoms with Gasteiger partial charge in [-0.25, -0.2) is 4.98 Å². The van der Waals surface area contributed by atoms with Crippen molar-refractivity contribution in [3.8, 4) is 0 Å². The van der Waals surface area contributed by atoms with Crippen molar-refractivity contribution >= 4 is 11.3 Å². The molecule has 2 unspecified atom stereocenters. The molecule has 2 nitrogen and oxygen atoms in total. The first-order chi connectivity index (χ1) is 9.83. The Bertz CT molecular complexity index is 535. The molecule has 2 aromatic rings. The van der Waals surface area contributed by atoms with Crippen molar-refractivity contribution in [2.75, 3.05) is 0 Å². The molecule has 3 heteroatoms. The van der Waals surface area contributed by atoms with Crippen LogP contribution in [-0.2, 0) is 6.54 Å². The van der Waals surface area contributed by atoms with E-state index in [0.29, 0.717) is 12.0 Å². The van der Waals surface area contributed by atoms with E-state index in [1.54, 1.807) is 11.3 Å². The van der Waals surface area contributed by atoms with Gasteiger partial charge in [0.15, 0.2) is 0 Å². The summed E-state index contributed by atoms with van der Waals surface area (Å²) in [4.78, 5) is 4.55. The Morgan fingerprint density at radius 3 is 2.75 bits per heavy atom. The van der Waals surface area contributed by atoms with Crippen molar-refractivity contribution < 1.29 is 0 Å². The number of nitrogens with zero attached hydrogens (tertiary/aromatic N) is 1. The molecule has 0 radical (unpaired) electrons. The van der Waals surface area contributed by atoms with Gasteiger partial charge >= 0.3 is 0 Å². The van der Waals surface area contributed by atoms with E-state index in [4.69, 9.17) is 0 Å². The summed E-state index contributed by atoms with van der Waals surface area (Å²) in [6.45, 7) is 2.97. The molecule has 1 heterocycles. The van der Waals surface area contributed by atoms with Crippen LogP contribution in [0.4, 0.5) is 0 Å². The SMILES string of the molecule is Cc1csc(CNC2CCCCC2c2ccccc2)n1. The maximum atomic E-state index is 4.55. The molecule has 1 fully saturated rings. The van der Waals surface area contributed by atoms with Gasteiger partial charge in [-0.3, -0.25) is 0 Å². The smallest absolute Gasteiger partial charge is 0.107 e. The Labute approximate surface area is 125 Å². The normalized spacial score (nSPS) is 22.9. The number of aryl methyl sites for hydroxylation is 1. The molecule has 106 valence electrons. The predicted octanol–water partition coefficient (Wildman–Crippen LogP) is 4.27. The Morgan fingerprint density at radius 1 is 1.20 bits per heavy atom. The third kappa shape index (κ3) is 3.28. The second-order valence-electron chi connectivity index (χ2n) is 5.67. The van der Waals surface area contributed by atoms with Crippen molar-refractivity contribution in [1.29, 1.82) is 0 Å². The average Bonchev–Trinajstić information content (AvgIpc) is 2.92. The molecule has 1 saturated carbocycles. The zero-order valence-corrected chi connectivity index (χ0v) is 12.8. The van der Waals surface area contributed by atoms with Gasteiger partial charge in [-0.05, 0) is 31.2 Å². The summed E-state index contributed by atoms with van der Waals surface area (Å²) < 4.78 is 0. The molecule has 0 spiro atoms. The lowest BCUT2D eigenvalue weighted by Crippen LogP contribution is -2.36. The average molecular weight is 286 g/mol. The molecule has 1 aliphatic carbocycles. The minimum atomic E-state index is 0.593. The van der Waals surface area contributed by atoms with Crippen LogP contribution < -0.4 is 5.32 Å². The van der Waals surface area contributed by atoms with Gasteiger partial charge in [-0.15, -0.1) is 11.3 Å². The van der Waals surface area contributed by atoms with Crippen LogP contribution in [0.2, 0.25) is 0 Å². The second kappa shape index (κ2) is 6.51. The Balaban J connectivity index is 1.66. The van der Waals surface area contributed by atoms with E-state index >= 15 is 0 Å². The van der Waals surface area contributed by atoms with Gasteiger partial charge in [-0.1, -0.05) is 43.2 Å². The van der Waals surface area contributed by atoms with Crippen LogP contribution in [0.3, 0.4) is 0 Å². The van der Waals surface area contributed by atoms with E-state index in [1.165, 1.54) is 36.3 Å². The fourth-order valence-corrected chi connectivity index (χ4v) is 3.90. The zero-order valence-electron chi connectivity index (χ0n) is 12.0. The number of hydrogen-bond acceptors (Lipinski definition) is 3. The zero-order chi connectivity index (χ0) is 13.8. The molecule has 2 atom stereocenters. The Hall–Kier alpha value is -1.19. The van der Waals surface area contributed by atoms with Crippen molar-refractivity contribution in [3.63, 3.8) is 0 Å². The summed E-state index contributed by atoms with van der Waals surface area (Å²) >= 11 is 1.76. The summed E-state index contributed by atoms with van der Waals surface area (Å²) in [6, 6.07) is 11.6. The van der Waals surface area contributed by atoms with Crippen LogP contribution in [0.1, 0.15) is 47.9 Å². The quantitative estimate of drug-likeness (QED) is 0.908. The van der Waals surface area contributed by atoms with Gasteiger partial charge in [0.05, 0.1) is 0 Å². The molecule has 0 aliphatic heterocycles. The minimum absolute atomic E-state index is 0.593. The summed E-state index contributed by atoms with van der Waals surface area (Å²) in [7, 11) is 0. The van der Waals surface area contributed by atoms with Gasteiger partial charge in [0, 0.05) is 23.7 Å². The van der Waals surface area contributed by atoms with Crippen molar-refractivity contribution in [3.05, 3.63) is 52.0 Å². The largest absolute Gasteiger partial charge is 0.307 e. The van der Waals surface area contributed by atoms with E-state index in [9.17, 15) is 0 Å². The van der Waals surface area contributed by atoms with Gasteiger partial charge in [0.2, 0.25) is 0 Å². The molecule has 1 aromatic heterocycles. The predicted molar refractivity (Wildman–Crippen MR) is 85.1 cm³/mol. The third-order valence-corrected chi connectivity index (χ3v) is 5.14. The van der Waals surface area contributed by atoms with Crippen LogP contribution in [-0.4, -0.2) is 11.0 Å². The molecule has 1 aromatic carbocycles. The number of rotatable bonds is 4.